The van der Waals surface area contributed by atoms with Gasteiger partial charge in [0.15, 0.2) is 4.77 Å². The lowest BCUT2D eigenvalue weighted by Crippen LogP contribution is -2.05. The van der Waals surface area contributed by atoms with Crippen molar-refractivity contribution in [3.05, 3.63) is 34.9 Å². The van der Waals surface area contributed by atoms with E-state index in [0.29, 0.717) is 10.7 Å². The maximum Gasteiger partial charge on any atom is 0.220 e. The quantitative estimate of drug-likeness (QED) is 0.763. The van der Waals surface area contributed by atoms with E-state index in [1.54, 1.807) is 17.0 Å². The molecule has 0 atom stereocenters. The Kier molecular flexibility index (Phi) is 2.77. The molecule has 3 N–H and O–H groups in total. The molecule has 0 bridgehead atoms. The van der Waals surface area contributed by atoms with Crippen molar-refractivity contribution in [2.45, 2.75) is 13.0 Å². The van der Waals surface area contributed by atoms with Crippen LogP contribution in [0, 0.1) is 4.77 Å². The molecule has 0 amide bonds. The zero-order valence-electron chi connectivity index (χ0n) is 8.05. The van der Waals surface area contributed by atoms with Crippen LogP contribution in [0.5, 0.6) is 0 Å². The summed E-state index contributed by atoms with van der Waals surface area (Å²) in [5.74, 6) is 0.425. The average molecular weight is 221 g/mol. The van der Waals surface area contributed by atoms with Crippen molar-refractivity contribution in [2.24, 2.45) is 0 Å². The normalized spacial score (nSPS) is 10.4. The van der Waals surface area contributed by atoms with Gasteiger partial charge in [0.05, 0.1) is 0 Å². The zero-order valence-corrected chi connectivity index (χ0v) is 8.87. The number of nitrogens with zero attached hydrogens (tertiary/aromatic N) is 3. The summed E-state index contributed by atoms with van der Waals surface area (Å²) in [7, 11) is 0. The first-order valence-electron chi connectivity index (χ1n) is 4.57. The van der Waals surface area contributed by atoms with E-state index in [2.05, 4.69) is 15.2 Å². The minimum Gasteiger partial charge on any atom is -0.368 e. The number of nitrogens with two attached hydrogens (primary N) is 1. The van der Waals surface area contributed by atoms with Crippen LogP contribution in [0.1, 0.15) is 5.56 Å². The van der Waals surface area contributed by atoms with E-state index in [4.69, 9.17) is 18.0 Å². The molecular formula is C9H11N5S. The molecule has 0 aliphatic carbocycles. The summed E-state index contributed by atoms with van der Waals surface area (Å²) in [6.07, 6.45) is 4.40. The van der Waals surface area contributed by atoms with E-state index < -0.39 is 0 Å². The molecular weight excluding hydrogens is 210 g/mol. The molecule has 0 spiro atoms. The Labute approximate surface area is 92.0 Å². The highest BCUT2D eigenvalue weighted by Gasteiger charge is 2.01. The minimum absolute atomic E-state index is 0.425. The predicted octanol–water partition coefficient (Wildman–Crippen LogP) is 1.16. The Balaban J connectivity index is 2.09. The van der Waals surface area contributed by atoms with Crippen LogP contribution in [0.3, 0.4) is 0 Å². The SMILES string of the molecule is Nc1n[nH]c(=S)n1CCc1ccncc1. The summed E-state index contributed by atoms with van der Waals surface area (Å²) in [5, 5.41) is 6.49. The number of nitrogen functional groups attached to an aromatic ring is 1. The number of nitrogens with one attached hydrogen (secondary N) is 1. The van der Waals surface area contributed by atoms with Gasteiger partial charge < -0.3 is 5.73 Å². The van der Waals surface area contributed by atoms with Gasteiger partial charge >= 0.3 is 0 Å². The molecule has 0 saturated carbocycles. The van der Waals surface area contributed by atoms with Gasteiger partial charge in [0.2, 0.25) is 5.95 Å². The predicted molar refractivity (Wildman–Crippen MR) is 59.8 cm³/mol. The largest absolute Gasteiger partial charge is 0.368 e. The van der Waals surface area contributed by atoms with Gasteiger partial charge in [-0.25, -0.2) is 5.10 Å². The summed E-state index contributed by atoms with van der Waals surface area (Å²) >= 11 is 5.04. The summed E-state index contributed by atoms with van der Waals surface area (Å²) in [6, 6.07) is 3.94. The Morgan fingerprint density at radius 2 is 2.13 bits per heavy atom. The molecule has 15 heavy (non-hydrogen) atoms. The van der Waals surface area contributed by atoms with Gasteiger partial charge in [-0.3, -0.25) is 9.55 Å². The second-order valence-corrected chi connectivity index (χ2v) is 3.53. The topological polar surface area (TPSA) is 72.5 Å². The van der Waals surface area contributed by atoms with Crippen molar-refractivity contribution >= 4 is 18.2 Å². The van der Waals surface area contributed by atoms with Crippen LogP contribution in [0.4, 0.5) is 5.95 Å². The molecule has 2 aromatic heterocycles. The molecule has 5 nitrogen and oxygen atoms in total. The van der Waals surface area contributed by atoms with Crippen molar-refractivity contribution < 1.29 is 0 Å². The van der Waals surface area contributed by atoms with E-state index in [-0.39, 0.29) is 0 Å². The second kappa shape index (κ2) is 4.22. The lowest BCUT2D eigenvalue weighted by molar-refractivity contribution is 0.693. The molecule has 2 aromatic rings. The van der Waals surface area contributed by atoms with Gasteiger partial charge in [-0.2, -0.15) is 0 Å². The maximum absolute atomic E-state index is 5.65. The Morgan fingerprint density at radius 1 is 1.40 bits per heavy atom. The molecule has 0 fully saturated rings. The third kappa shape index (κ3) is 2.21. The van der Waals surface area contributed by atoms with Gasteiger partial charge in [-0.15, -0.1) is 5.10 Å². The van der Waals surface area contributed by atoms with Crippen molar-refractivity contribution in [3.63, 3.8) is 0 Å². The zero-order chi connectivity index (χ0) is 10.7. The van der Waals surface area contributed by atoms with Crippen LogP contribution in [0.2, 0.25) is 0 Å². The van der Waals surface area contributed by atoms with Crippen molar-refractivity contribution in [2.75, 3.05) is 5.73 Å². The van der Waals surface area contributed by atoms with E-state index in [1.807, 2.05) is 12.1 Å². The van der Waals surface area contributed by atoms with Crippen molar-refractivity contribution in [1.29, 1.82) is 0 Å². The van der Waals surface area contributed by atoms with Gasteiger partial charge in [0.1, 0.15) is 0 Å². The molecule has 2 rings (SSSR count). The number of aryl methyl sites for hydroxylation is 1. The van der Waals surface area contributed by atoms with Crippen LogP contribution in [0.25, 0.3) is 0 Å². The lowest BCUT2D eigenvalue weighted by Gasteiger charge is -2.03. The third-order valence-corrected chi connectivity index (χ3v) is 2.47. The third-order valence-electron chi connectivity index (χ3n) is 2.16. The van der Waals surface area contributed by atoms with Gasteiger partial charge in [0, 0.05) is 18.9 Å². The molecule has 0 saturated heterocycles. The number of aromatic nitrogens is 4. The summed E-state index contributed by atoms with van der Waals surface area (Å²) in [4.78, 5) is 3.95. The highest BCUT2D eigenvalue weighted by molar-refractivity contribution is 7.71. The van der Waals surface area contributed by atoms with Crippen LogP contribution < -0.4 is 5.73 Å². The highest BCUT2D eigenvalue weighted by atomic mass is 32.1. The minimum atomic E-state index is 0.425. The van der Waals surface area contributed by atoms with Crippen LogP contribution in [-0.2, 0) is 13.0 Å². The molecule has 2 heterocycles. The summed E-state index contributed by atoms with van der Waals surface area (Å²) in [6.45, 7) is 0.727. The van der Waals surface area contributed by atoms with Crippen LogP contribution in [0.15, 0.2) is 24.5 Å². The summed E-state index contributed by atoms with van der Waals surface area (Å²) in [5.41, 5.74) is 6.85. The summed E-state index contributed by atoms with van der Waals surface area (Å²) < 4.78 is 2.33. The van der Waals surface area contributed by atoms with E-state index in [1.165, 1.54) is 5.56 Å². The second-order valence-electron chi connectivity index (χ2n) is 3.14. The first-order chi connectivity index (χ1) is 7.27. The average Bonchev–Trinajstić information content (AvgIpc) is 2.58. The standard InChI is InChI=1S/C9H11N5S/c10-8-12-13-9(15)14(8)6-3-7-1-4-11-5-2-7/h1-2,4-5H,3,6H2,(H2,10,12)(H,13,15). The molecule has 0 aliphatic rings. The fourth-order valence-corrected chi connectivity index (χ4v) is 1.57. The first kappa shape index (κ1) is 9.85. The smallest absolute Gasteiger partial charge is 0.220 e. The van der Waals surface area contributed by atoms with Crippen molar-refractivity contribution in [3.8, 4) is 0 Å². The lowest BCUT2D eigenvalue weighted by atomic mass is 10.2. The fourth-order valence-electron chi connectivity index (χ4n) is 1.34. The van der Waals surface area contributed by atoms with E-state index >= 15 is 0 Å². The number of H-pyrrole nitrogens is 1. The molecule has 0 aromatic carbocycles. The van der Waals surface area contributed by atoms with Crippen LogP contribution in [-0.4, -0.2) is 19.7 Å². The number of pyridine rings is 1. The molecule has 6 heteroatoms. The highest BCUT2D eigenvalue weighted by Crippen LogP contribution is 2.04. The number of hydrogen-bond acceptors (Lipinski definition) is 4. The monoisotopic (exact) mass is 221 g/mol. The van der Waals surface area contributed by atoms with E-state index in [9.17, 15) is 0 Å². The Morgan fingerprint density at radius 3 is 2.73 bits per heavy atom. The Bertz CT molecular complexity index is 487. The van der Waals surface area contributed by atoms with Gasteiger partial charge in [0.25, 0.3) is 0 Å². The van der Waals surface area contributed by atoms with Gasteiger partial charge in [-0.1, -0.05) is 0 Å². The maximum atomic E-state index is 5.65. The molecule has 0 aliphatic heterocycles. The number of aromatic amines is 1. The molecule has 0 radical (unpaired) electrons. The number of anilines is 1. The Hall–Kier alpha value is -1.69. The number of hydrogen-bond donors (Lipinski definition) is 2. The number of rotatable bonds is 3. The molecule has 78 valence electrons. The first-order valence-corrected chi connectivity index (χ1v) is 4.98. The molecule has 0 unspecified atom stereocenters. The van der Waals surface area contributed by atoms with Crippen molar-refractivity contribution in [1.82, 2.24) is 19.7 Å². The van der Waals surface area contributed by atoms with Gasteiger partial charge in [-0.05, 0) is 36.3 Å². The van der Waals surface area contributed by atoms with Crippen LogP contribution >= 0.6 is 12.2 Å². The van der Waals surface area contributed by atoms with E-state index in [0.717, 1.165) is 13.0 Å². The fraction of sp³-hybridized carbons (Fsp3) is 0.222.